The van der Waals surface area contributed by atoms with Crippen LogP contribution in [0.2, 0.25) is 0 Å². The lowest BCUT2D eigenvalue weighted by atomic mass is 9.97. The SMILES string of the molecule is CNCCC(=O)N1CCc2c(cccc2NC(=O)Nc2ccccc2)C1.Cl. The van der Waals surface area contributed by atoms with Gasteiger partial charge in [0, 0.05) is 37.4 Å². The predicted octanol–water partition coefficient (Wildman–Crippen LogP) is 3.25. The van der Waals surface area contributed by atoms with Gasteiger partial charge < -0.3 is 20.9 Å². The number of hydrogen-bond acceptors (Lipinski definition) is 3. The largest absolute Gasteiger partial charge is 0.338 e. The molecule has 7 heteroatoms. The average Bonchev–Trinajstić information content (AvgIpc) is 2.66. The van der Waals surface area contributed by atoms with Crippen molar-refractivity contribution in [1.82, 2.24) is 10.2 Å². The van der Waals surface area contributed by atoms with Crippen molar-refractivity contribution in [2.45, 2.75) is 19.4 Å². The quantitative estimate of drug-likeness (QED) is 0.736. The van der Waals surface area contributed by atoms with E-state index in [2.05, 4.69) is 16.0 Å². The molecule has 2 aromatic carbocycles. The second-order valence-electron chi connectivity index (χ2n) is 6.31. The Morgan fingerprint density at radius 3 is 2.56 bits per heavy atom. The van der Waals surface area contributed by atoms with Crippen LogP contribution < -0.4 is 16.0 Å². The maximum absolute atomic E-state index is 12.3. The second kappa shape index (κ2) is 9.94. The molecule has 0 atom stereocenters. The summed E-state index contributed by atoms with van der Waals surface area (Å²) in [5, 5.41) is 8.76. The molecule has 0 saturated carbocycles. The molecule has 0 radical (unpaired) electrons. The first kappa shape index (κ1) is 20.7. The number of fused-ring (bicyclic) bond motifs is 1. The molecule has 1 aliphatic rings. The van der Waals surface area contributed by atoms with E-state index in [1.54, 1.807) is 0 Å². The van der Waals surface area contributed by atoms with Crippen molar-refractivity contribution in [3.63, 3.8) is 0 Å². The summed E-state index contributed by atoms with van der Waals surface area (Å²) in [7, 11) is 1.84. The summed E-state index contributed by atoms with van der Waals surface area (Å²) in [6.07, 6.45) is 1.24. The van der Waals surface area contributed by atoms with Crippen LogP contribution >= 0.6 is 12.4 Å². The summed E-state index contributed by atoms with van der Waals surface area (Å²) in [5.41, 5.74) is 3.74. The number of urea groups is 1. The zero-order valence-corrected chi connectivity index (χ0v) is 16.1. The van der Waals surface area contributed by atoms with Crippen molar-refractivity contribution in [1.29, 1.82) is 0 Å². The van der Waals surface area contributed by atoms with Gasteiger partial charge >= 0.3 is 6.03 Å². The van der Waals surface area contributed by atoms with E-state index < -0.39 is 0 Å². The van der Waals surface area contributed by atoms with Gasteiger partial charge in [-0.25, -0.2) is 4.79 Å². The number of carbonyl (C=O) groups excluding carboxylic acids is 2. The van der Waals surface area contributed by atoms with Crippen molar-refractivity contribution in [3.8, 4) is 0 Å². The van der Waals surface area contributed by atoms with Crippen LogP contribution in [-0.4, -0.2) is 37.0 Å². The molecular formula is C20H25ClN4O2. The number of benzene rings is 2. The summed E-state index contributed by atoms with van der Waals surface area (Å²) < 4.78 is 0. The highest BCUT2D eigenvalue weighted by molar-refractivity contribution is 6.00. The molecule has 6 nitrogen and oxygen atoms in total. The monoisotopic (exact) mass is 388 g/mol. The Morgan fingerprint density at radius 1 is 1.04 bits per heavy atom. The van der Waals surface area contributed by atoms with Gasteiger partial charge in [-0.1, -0.05) is 30.3 Å². The van der Waals surface area contributed by atoms with E-state index in [9.17, 15) is 9.59 Å². The van der Waals surface area contributed by atoms with Crippen LogP contribution in [0.5, 0.6) is 0 Å². The normalized spacial score (nSPS) is 12.6. The van der Waals surface area contributed by atoms with Crippen LogP contribution in [0.25, 0.3) is 0 Å². The molecular weight excluding hydrogens is 364 g/mol. The summed E-state index contributed by atoms with van der Waals surface area (Å²) >= 11 is 0. The third-order valence-electron chi connectivity index (χ3n) is 4.49. The highest BCUT2D eigenvalue weighted by Gasteiger charge is 2.22. The summed E-state index contributed by atoms with van der Waals surface area (Å²) in [4.78, 5) is 26.4. The van der Waals surface area contributed by atoms with Crippen LogP contribution in [0, 0.1) is 0 Å². The van der Waals surface area contributed by atoms with E-state index in [0.717, 1.165) is 28.9 Å². The number of halogens is 1. The van der Waals surface area contributed by atoms with E-state index in [0.29, 0.717) is 26.1 Å². The van der Waals surface area contributed by atoms with Gasteiger partial charge in [-0.05, 0) is 42.8 Å². The zero-order valence-electron chi connectivity index (χ0n) is 15.3. The third kappa shape index (κ3) is 5.45. The van der Waals surface area contributed by atoms with Crippen molar-refractivity contribution in [3.05, 3.63) is 59.7 Å². The molecule has 3 amide bonds. The van der Waals surface area contributed by atoms with Crippen LogP contribution in [0.1, 0.15) is 17.5 Å². The standard InChI is InChI=1S/C20H24N4O2.ClH/c1-21-12-10-19(25)24-13-11-17-15(14-24)6-5-9-18(17)23-20(26)22-16-7-3-2-4-8-16;/h2-9,21H,10-14H2,1H3,(H2,22,23,26);1H. The van der Waals surface area contributed by atoms with Crippen molar-refractivity contribution >= 4 is 35.7 Å². The second-order valence-corrected chi connectivity index (χ2v) is 6.31. The van der Waals surface area contributed by atoms with Gasteiger partial charge in [-0.2, -0.15) is 0 Å². The molecule has 0 spiro atoms. The van der Waals surface area contributed by atoms with Gasteiger partial charge in [0.2, 0.25) is 5.91 Å². The topological polar surface area (TPSA) is 73.5 Å². The highest BCUT2D eigenvalue weighted by atomic mass is 35.5. The Hall–Kier alpha value is -2.57. The molecule has 0 unspecified atom stereocenters. The fraction of sp³-hybridized carbons (Fsp3) is 0.300. The molecule has 1 aliphatic heterocycles. The number of amides is 3. The average molecular weight is 389 g/mol. The van der Waals surface area contributed by atoms with Gasteiger partial charge in [0.25, 0.3) is 0 Å². The first-order valence-electron chi connectivity index (χ1n) is 8.83. The van der Waals surface area contributed by atoms with Gasteiger partial charge in [-0.3, -0.25) is 4.79 Å². The Labute approximate surface area is 165 Å². The summed E-state index contributed by atoms with van der Waals surface area (Å²) in [6.45, 7) is 1.95. The number of hydrogen-bond donors (Lipinski definition) is 3. The first-order valence-corrected chi connectivity index (χ1v) is 8.83. The smallest absolute Gasteiger partial charge is 0.323 e. The maximum atomic E-state index is 12.3. The Bertz CT molecular complexity index is 783. The zero-order chi connectivity index (χ0) is 18.4. The molecule has 1 heterocycles. The number of anilines is 2. The first-order chi connectivity index (χ1) is 12.7. The minimum atomic E-state index is -0.267. The molecule has 0 fully saturated rings. The Kier molecular flexibility index (Phi) is 7.64. The Balaban J connectivity index is 0.00000261. The fourth-order valence-corrected chi connectivity index (χ4v) is 3.14. The fourth-order valence-electron chi connectivity index (χ4n) is 3.14. The maximum Gasteiger partial charge on any atom is 0.323 e. The van der Waals surface area contributed by atoms with E-state index in [1.165, 1.54) is 0 Å². The third-order valence-corrected chi connectivity index (χ3v) is 4.49. The molecule has 2 aromatic rings. The summed E-state index contributed by atoms with van der Waals surface area (Å²) in [5.74, 6) is 0.158. The number of rotatable bonds is 5. The lowest BCUT2D eigenvalue weighted by molar-refractivity contribution is -0.132. The van der Waals surface area contributed by atoms with Gasteiger partial charge in [0.05, 0.1) is 0 Å². The van der Waals surface area contributed by atoms with Gasteiger partial charge in [-0.15, -0.1) is 12.4 Å². The van der Waals surface area contributed by atoms with E-state index >= 15 is 0 Å². The number of carbonyl (C=O) groups is 2. The molecule has 3 N–H and O–H groups in total. The van der Waals surface area contributed by atoms with Gasteiger partial charge in [0.15, 0.2) is 0 Å². The van der Waals surface area contributed by atoms with Crippen LogP contribution in [0.4, 0.5) is 16.2 Å². The lowest BCUT2D eigenvalue weighted by Gasteiger charge is -2.30. The van der Waals surface area contributed by atoms with E-state index in [4.69, 9.17) is 0 Å². The summed E-state index contributed by atoms with van der Waals surface area (Å²) in [6, 6.07) is 14.9. The molecule has 0 bridgehead atoms. The lowest BCUT2D eigenvalue weighted by Crippen LogP contribution is -2.37. The van der Waals surface area contributed by atoms with Crippen molar-refractivity contribution < 1.29 is 9.59 Å². The van der Waals surface area contributed by atoms with E-state index in [-0.39, 0.29) is 24.3 Å². The molecule has 3 rings (SSSR count). The van der Waals surface area contributed by atoms with Crippen LogP contribution in [-0.2, 0) is 17.8 Å². The highest BCUT2D eigenvalue weighted by Crippen LogP contribution is 2.26. The molecule has 0 aliphatic carbocycles. The molecule has 27 heavy (non-hydrogen) atoms. The predicted molar refractivity (Wildman–Crippen MR) is 110 cm³/mol. The van der Waals surface area contributed by atoms with Gasteiger partial charge in [0.1, 0.15) is 0 Å². The van der Waals surface area contributed by atoms with Crippen LogP contribution in [0.3, 0.4) is 0 Å². The molecule has 144 valence electrons. The number of para-hydroxylation sites is 1. The minimum absolute atomic E-state index is 0. The Morgan fingerprint density at radius 2 is 1.81 bits per heavy atom. The molecule has 0 saturated heterocycles. The number of nitrogens with one attached hydrogen (secondary N) is 3. The van der Waals surface area contributed by atoms with E-state index in [1.807, 2.05) is 60.5 Å². The number of nitrogens with zero attached hydrogens (tertiary/aromatic N) is 1. The van der Waals surface area contributed by atoms with Crippen LogP contribution in [0.15, 0.2) is 48.5 Å². The van der Waals surface area contributed by atoms with Crippen molar-refractivity contribution in [2.75, 3.05) is 30.8 Å². The van der Waals surface area contributed by atoms with Crippen molar-refractivity contribution in [2.24, 2.45) is 0 Å². The minimum Gasteiger partial charge on any atom is -0.338 e. The molecule has 0 aromatic heterocycles.